The van der Waals surface area contributed by atoms with Crippen molar-refractivity contribution in [1.29, 1.82) is 0 Å². The van der Waals surface area contributed by atoms with Crippen molar-refractivity contribution in [3.8, 4) is 0 Å². The molecule has 0 spiro atoms. The Morgan fingerprint density at radius 1 is 1.58 bits per heavy atom. The standard InChI is InChI=1S/C13H19NO5/c1-4-5-18-11(17)14-6-9-7-19-12(2,3)13(9,8-14)10(15)16/h4,9H,1,5-8H2,2-3H3,(H,15,16). The van der Waals surface area contributed by atoms with Crippen LogP contribution < -0.4 is 0 Å². The van der Waals surface area contributed by atoms with Crippen LogP contribution in [0.4, 0.5) is 4.79 Å². The van der Waals surface area contributed by atoms with Gasteiger partial charge in [0.15, 0.2) is 0 Å². The fourth-order valence-corrected chi connectivity index (χ4v) is 3.09. The Balaban J connectivity index is 2.20. The van der Waals surface area contributed by atoms with E-state index in [4.69, 9.17) is 9.47 Å². The lowest BCUT2D eigenvalue weighted by atomic mass is 9.69. The van der Waals surface area contributed by atoms with Gasteiger partial charge < -0.3 is 19.5 Å². The van der Waals surface area contributed by atoms with Crippen LogP contribution in [0.2, 0.25) is 0 Å². The van der Waals surface area contributed by atoms with Crippen molar-refractivity contribution in [3.63, 3.8) is 0 Å². The molecule has 0 aromatic carbocycles. The molecule has 2 heterocycles. The Hall–Kier alpha value is -1.56. The van der Waals surface area contributed by atoms with Gasteiger partial charge in [-0.25, -0.2) is 4.79 Å². The second-order valence-electron chi connectivity index (χ2n) is 5.54. The molecule has 0 aliphatic carbocycles. The molecular formula is C13H19NO5. The lowest BCUT2D eigenvalue weighted by molar-refractivity contribution is -0.158. The van der Waals surface area contributed by atoms with Crippen LogP contribution in [0, 0.1) is 11.3 Å². The predicted molar refractivity (Wildman–Crippen MR) is 66.7 cm³/mol. The number of fused-ring (bicyclic) bond motifs is 1. The minimum Gasteiger partial charge on any atom is -0.481 e. The summed E-state index contributed by atoms with van der Waals surface area (Å²) < 4.78 is 10.6. The molecule has 2 atom stereocenters. The number of likely N-dealkylation sites (tertiary alicyclic amines) is 1. The summed E-state index contributed by atoms with van der Waals surface area (Å²) in [5, 5.41) is 9.61. The van der Waals surface area contributed by atoms with Crippen LogP contribution in [0.5, 0.6) is 0 Å². The molecule has 2 aliphatic heterocycles. The van der Waals surface area contributed by atoms with E-state index in [1.54, 1.807) is 13.8 Å². The minimum atomic E-state index is -1.06. The lowest BCUT2D eigenvalue weighted by Gasteiger charge is -2.35. The third-order valence-electron chi connectivity index (χ3n) is 4.26. The van der Waals surface area contributed by atoms with E-state index in [2.05, 4.69) is 6.58 Å². The summed E-state index contributed by atoms with van der Waals surface area (Å²) >= 11 is 0. The van der Waals surface area contributed by atoms with Crippen LogP contribution in [0.25, 0.3) is 0 Å². The van der Waals surface area contributed by atoms with E-state index in [0.717, 1.165) is 0 Å². The fraction of sp³-hybridized carbons (Fsp3) is 0.692. The van der Waals surface area contributed by atoms with E-state index >= 15 is 0 Å². The highest BCUT2D eigenvalue weighted by Gasteiger charge is 2.66. The monoisotopic (exact) mass is 269 g/mol. The number of aliphatic carboxylic acids is 1. The average Bonchev–Trinajstić information content (AvgIpc) is 2.84. The first-order valence-electron chi connectivity index (χ1n) is 6.25. The van der Waals surface area contributed by atoms with Crippen molar-refractivity contribution in [3.05, 3.63) is 12.7 Å². The lowest BCUT2D eigenvalue weighted by Crippen LogP contribution is -2.51. The Labute approximate surface area is 112 Å². The number of carboxylic acids is 1. The SMILES string of the molecule is C=CCOC(=O)N1CC2COC(C)(C)C2(C(=O)O)C1. The summed E-state index contributed by atoms with van der Waals surface area (Å²) in [6.07, 6.45) is 0.986. The van der Waals surface area contributed by atoms with Gasteiger partial charge in [-0.1, -0.05) is 12.7 Å². The first-order valence-corrected chi connectivity index (χ1v) is 6.25. The summed E-state index contributed by atoms with van der Waals surface area (Å²) in [7, 11) is 0. The van der Waals surface area contributed by atoms with Crippen LogP contribution in [0.1, 0.15) is 13.8 Å². The maximum absolute atomic E-state index is 11.8. The first-order chi connectivity index (χ1) is 8.85. The molecule has 0 radical (unpaired) electrons. The Kier molecular flexibility index (Phi) is 3.30. The quantitative estimate of drug-likeness (QED) is 0.777. The number of carboxylic acid groups (broad SMARTS) is 1. The largest absolute Gasteiger partial charge is 0.481 e. The zero-order chi connectivity index (χ0) is 14.3. The number of hydrogen-bond acceptors (Lipinski definition) is 4. The molecule has 19 heavy (non-hydrogen) atoms. The molecule has 0 aromatic rings. The summed E-state index contributed by atoms with van der Waals surface area (Å²) in [5.41, 5.74) is -1.85. The molecule has 2 fully saturated rings. The van der Waals surface area contributed by atoms with Gasteiger partial charge in [-0.2, -0.15) is 0 Å². The number of nitrogens with zero attached hydrogens (tertiary/aromatic N) is 1. The zero-order valence-electron chi connectivity index (χ0n) is 11.2. The molecule has 0 aromatic heterocycles. The van der Waals surface area contributed by atoms with Gasteiger partial charge in [-0.3, -0.25) is 4.79 Å². The molecule has 0 saturated carbocycles. The van der Waals surface area contributed by atoms with Gasteiger partial charge in [0.05, 0.1) is 12.2 Å². The van der Waals surface area contributed by atoms with E-state index in [9.17, 15) is 14.7 Å². The zero-order valence-corrected chi connectivity index (χ0v) is 11.2. The molecule has 2 unspecified atom stereocenters. The molecule has 6 heteroatoms. The second-order valence-corrected chi connectivity index (χ2v) is 5.54. The Morgan fingerprint density at radius 2 is 2.26 bits per heavy atom. The third kappa shape index (κ3) is 1.90. The molecule has 2 saturated heterocycles. The van der Waals surface area contributed by atoms with Gasteiger partial charge in [0, 0.05) is 19.0 Å². The van der Waals surface area contributed by atoms with Gasteiger partial charge >= 0.3 is 12.1 Å². The van der Waals surface area contributed by atoms with Crippen molar-refractivity contribution in [2.24, 2.45) is 11.3 Å². The van der Waals surface area contributed by atoms with Gasteiger partial charge in [-0.15, -0.1) is 0 Å². The van der Waals surface area contributed by atoms with Gasteiger partial charge in [0.2, 0.25) is 0 Å². The van der Waals surface area contributed by atoms with Crippen LogP contribution >= 0.6 is 0 Å². The predicted octanol–water partition coefficient (Wildman–Crippen LogP) is 1.12. The van der Waals surface area contributed by atoms with Crippen molar-refractivity contribution < 1.29 is 24.2 Å². The van der Waals surface area contributed by atoms with E-state index in [0.29, 0.717) is 13.2 Å². The Bertz CT molecular complexity index is 419. The van der Waals surface area contributed by atoms with E-state index in [1.165, 1.54) is 11.0 Å². The molecule has 2 rings (SSSR count). The first kappa shape index (κ1) is 13.9. The van der Waals surface area contributed by atoms with E-state index in [1.807, 2.05) is 0 Å². The highest BCUT2D eigenvalue weighted by Crippen LogP contribution is 2.52. The van der Waals surface area contributed by atoms with Gasteiger partial charge in [0.25, 0.3) is 0 Å². The highest BCUT2D eigenvalue weighted by molar-refractivity contribution is 5.80. The molecule has 106 valence electrons. The van der Waals surface area contributed by atoms with Crippen LogP contribution in [0.3, 0.4) is 0 Å². The smallest absolute Gasteiger partial charge is 0.410 e. The van der Waals surface area contributed by atoms with Crippen LogP contribution in [-0.4, -0.2) is 54.0 Å². The maximum Gasteiger partial charge on any atom is 0.410 e. The second kappa shape index (κ2) is 4.52. The minimum absolute atomic E-state index is 0.121. The number of rotatable bonds is 3. The number of ether oxygens (including phenoxy) is 2. The number of amides is 1. The summed E-state index contributed by atoms with van der Waals surface area (Å²) in [6, 6.07) is 0. The average molecular weight is 269 g/mol. The highest BCUT2D eigenvalue weighted by atomic mass is 16.6. The van der Waals surface area contributed by atoms with Crippen molar-refractivity contribution in [1.82, 2.24) is 4.90 Å². The number of carbonyl (C=O) groups excluding carboxylic acids is 1. The normalized spacial score (nSPS) is 31.9. The molecule has 1 amide bonds. The summed E-state index contributed by atoms with van der Waals surface area (Å²) in [5.74, 6) is -1.12. The molecule has 0 bridgehead atoms. The van der Waals surface area contributed by atoms with Crippen molar-refractivity contribution in [2.45, 2.75) is 19.4 Å². The van der Waals surface area contributed by atoms with E-state index < -0.39 is 23.1 Å². The molecule has 6 nitrogen and oxygen atoms in total. The summed E-state index contributed by atoms with van der Waals surface area (Å²) in [4.78, 5) is 25.0. The Morgan fingerprint density at radius 3 is 2.79 bits per heavy atom. The summed E-state index contributed by atoms with van der Waals surface area (Å²) in [6.45, 7) is 7.95. The van der Waals surface area contributed by atoms with Crippen LogP contribution in [-0.2, 0) is 14.3 Å². The van der Waals surface area contributed by atoms with Gasteiger partial charge in [-0.05, 0) is 13.8 Å². The molecule has 1 N–H and O–H groups in total. The topological polar surface area (TPSA) is 76.1 Å². The van der Waals surface area contributed by atoms with E-state index in [-0.39, 0.29) is 19.1 Å². The van der Waals surface area contributed by atoms with Crippen molar-refractivity contribution >= 4 is 12.1 Å². The number of hydrogen-bond donors (Lipinski definition) is 1. The number of carbonyl (C=O) groups is 2. The molecule has 2 aliphatic rings. The van der Waals surface area contributed by atoms with Crippen LogP contribution in [0.15, 0.2) is 12.7 Å². The van der Waals surface area contributed by atoms with Crippen molar-refractivity contribution in [2.75, 3.05) is 26.3 Å². The molecular weight excluding hydrogens is 250 g/mol. The van der Waals surface area contributed by atoms with Gasteiger partial charge in [0.1, 0.15) is 12.0 Å². The third-order valence-corrected chi connectivity index (χ3v) is 4.26. The maximum atomic E-state index is 11.8. The fourth-order valence-electron chi connectivity index (χ4n) is 3.09.